The summed E-state index contributed by atoms with van der Waals surface area (Å²) < 4.78 is 17.1. The van der Waals surface area contributed by atoms with Gasteiger partial charge in [0, 0.05) is 39.2 Å². The third-order valence-corrected chi connectivity index (χ3v) is 11.4. The molecular formula is C40H19N5O+2. The molecule has 46 heavy (non-hydrogen) atoms. The van der Waals surface area contributed by atoms with E-state index < -0.39 is 5.66 Å². The zero-order chi connectivity index (χ0) is 29.2. The third-order valence-electron chi connectivity index (χ3n) is 11.4. The van der Waals surface area contributed by atoms with Crippen LogP contribution in [0.1, 0.15) is 11.1 Å². The Balaban J connectivity index is 1.38. The van der Waals surface area contributed by atoms with Crippen molar-refractivity contribution in [2.45, 2.75) is 5.66 Å². The lowest BCUT2D eigenvalue weighted by Gasteiger charge is -2.39. The molecule has 3 aliphatic rings. The number of hydrogen-bond donors (Lipinski definition) is 0. The van der Waals surface area contributed by atoms with Crippen LogP contribution >= 0.6 is 0 Å². The maximum absolute atomic E-state index is 7.04. The van der Waals surface area contributed by atoms with Crippen molar-refractivity contribution in [1.82, 2.24) is 13.8 Å². The van der Waals surface area contributed by atoms with Gasteiger partial charge in [0.05, 0.1) is 23.2 Å². The molecule has 10 heterocycles. The van der Waals surface area contributed by atoms with Crippen LogP contribution in [-0.4, -0.2) is 13.8 Å². The molecule has 11 aromatic rings. The van der Waals surface area contributed by atoms with Gasteiger partial charge in [-0.3, -0.25) is 4.98 Å². The van der Waals surface area contributed by atoms with Crippen LogP contribution in [0.4, 0.5) is 0 Å². The first kappa shape index (κ1) is 21.4. The second-order valence-electron chi connectivity index (χ2n) is 13.2. The van der Waals surface area contributed by atoms with Gasteiger partial charge < -0.3 is 4.74 Å². The first-order chi connectivity index (χ1) is 22.8. The molecule has 14 rings (SSSR count). The molecule has 3 aliphatic heterocycles. The number of ether oxygens (including phenoxy) is 1. The highest BCUT2D eigenvalue weighted by atomic mass is 16.5. The van der Waals surface area contributed by atoms with E-state index in [-0.39, 0.29) is 0 Å². The highest BCUT2D eigenvalue weighted by Gasteiger charge is 2.63. The number of hydrogen-bond acceptors (Lipinski definition) is 2. The molecule has 0 N–H and O–H groups in total. The zero-order valence-corrected chi connectivity index (χ0v) is 24.1. The molecule has 0 bridgehead atoms. The van der Waals surface area contributed by atoms with Crippen molar-refractivity contribution >= 4 is 87.4 Å². The second kappa shape index (κ2) is 6.41. The van der Waals surface area contributed by atoms with Crippen LogP contribution in [0.15, 0.2) is 116 Å². The lowest BCUT2D eigenvalue weighted by atomic mass is 9.81. The zero-order valence-electron chi connectivity index (χ0n) is 24.1. The first-order valence-electron chi connectivity index (χ1n) is 15.8. The molecule has 1 atom stereocenters. The lowest BCUT2D eigenvalue weighted by molar-refractivity contribution is -0.953. The maximum Gasteiger partial charge on any atom is 0.321 e. The molecule has 6 nitrogen and oxygen atoms in total. The number of benzene rings is 4. The van der Waals surface area contributed by atoms with Gasteiger partial charge in [-0.05, 0) is 71.4 Å². The molecule has 0 radical (unpaired) electrons. The van der Waals surface area contributed by atoms with Gasteiger partial charge >= 0.3 is 5.66 Å². The summed E-state index contributed by atoms with van der Waals surface area (Å²) in [6, 6.07) is 35.8. The Morgan fingerprint density at radius 1 is 0.565 bits per heavy atom. The lowest BCUT2D eigenvalue weighted by Crippen LogP contribution is -2.77. The van der Waals surface area contributed by atoms with Crippen molar-refractivity contribution in [3.05, 3.63) is 127 Å². The highest BCUT2D eigenvalue weighted by molar-refractivity contribution is 6.28. The average Bonchev–Trinajstić information content (AvgIpc) is 3.67. The van der Waals surface area contributed by atoms with Gasteiger partial charge in [-0.15, -0.1) is 0 Å². The average molecular weight is 586 g/mol. The fourth-order valence-corrected chi connectivity index (χ4v) is 9.97. The summed E-state index contributed by atoms with van der Waals surface area (Å²) in [5, 5.41) is 11.2. The van der Waals surface area contributed by atoms with Crippen molar-refractivity contribution in [2.75, 3.05) is 0 Å². The van der Waals surface area contributed by atoms with Gasteiger partial charge in [0.15, 0.2) is 16.6 Å². The monoisotopic (exact) mass is 585 g/mol. The maximum atomic E-state index is 7.04. The fraction of sp³-hybridized carbons (Fsp3) is 0.0250. The number of nitrogens with zero attached hydrogens (tertiary/aromatic N) is 5. The van der Waals surface area contributed by atoms with E-state index >= 15 is 0 Å². The van der Waals surface area contributed by atoms with Crippen molar-refractivity contribution in [3.8, 4) is 11.5 Å². The largest absolute Gasteiger partial charge is 0.456 e. The molecule has 0 aliphatic carbocycles. The molecule has 4 aromatic carbocycles. The predicted octanol–water partition coefficient (Wildman–Crippen LogP) is 7.70. The Kier molecular flexibility index (Phi) is 2.99. The van der Waals surface area contributed by atoms with Crippen molar-refractivity contribution in [2.24, 2.45) is 0 Å². The topological polar surface area (TPSA) is 38.7 Å². The Bertz CT molecular complexity index is 3350. The summed E-state index contributed by atoms with van der Waals surface area (Å²) in [5.41, 5.74) is 9.81. The molecular weight excluding hydrogens is 566 g/mol. The van der Waals surface area contributed by atoms with Gasteiger partial charge in [-0.1, -0.05) is 30.3 Å². The van der Waals surface area contributed by atoms with E-state index in [1.54, 1.807) is 0 Å². The summed E-state index contributed by atoms with van der Waals surface area (Å²) in [7, 11) is 0. The number of aromatic nitrogens is 5. The quantitative estimate of drug-likeness (QED) is 0.104. The molecule has 0 fully saturated rings. The molecule has 7 aromatic heterocycles. The fourth-order valence-electron chi connectivity index (χ4n) is 9.97. The van der Waals surface area contributed by atoms with Crippen molar-refractivity contribution in [3.63, 3.8) is 0 Å². The predicted molar refractivity (Wildman–Crippen MR) is 178 cm³/mol. The minimum Gasteiger partial charge on any atom is -0.456 e. The molecule has 0 saturated carbocycles. The van der Waals surface area contributed by atoms with Gasteiger partial charge in [0.2, 0.25) is 0 Å². The van der Waals surface area contributed by atoms with E-state index in [4.69, 9.17) is 9.72 Å². The van der Waals surface area contributed by atoms with Gasteiger partial charge in [0.1, 0.15) is 33.7 Å². The number of fused-ring (bicyclic) bond motifs is 5. The van der Waals surface area contributed by atoms with Crippen LogP contribution in [0.2, 0.25) is 0 Å². The minimum absolute atomic E-state index is 0.736. The first-order valence-corrected chi connectivity index (χ1v) is 15.8. The Morgan fingerprint density at radius 2 is 1.26 bits per heavy atom. The minimum atomic E-state index is -0.736. The molecule has 1 unspecified atom stereocenters. The van der Waals surface area contributed by atoms with E-state index in [1.165, 1.54) is 76.4 Å². The summed E-state index contributed by atoms with van der Waals surface area (Å²) in [4.78, 5) is 4.93. The summed E-state index contributed by atoms with van der Waals surface area (Å²) in [6.07, 6.45) is 6.47. The Morgan fingerprint density at radius 3 is 2.15 bits per heavy atom. The highest BCUT2D eigenvalue weighted by Crippen LogP contribution is 2.56. The van der Waals surface area contributed by atoms with E-state index in [0.29, 0.717) is 0 Å². The van der Waals surface area contributed by atoms with Gasteiger partial charge in [0.25, 0.3) is 11.3 Å². The van der Waals surface area contributed by atoms with Crippen LogP contribution in [-0.2, 0) is 5.66 Å². The Labute approximate surface area is 258 Å². The van der Waals surface area contributed by atoms with E-state index in [2.05, 4.69) is 127 Å². The molecule has 208 valence electrons. The SMILES string of the molecule is c1cnc2c(c1)c1ccc3c4c1n1c2cc2ccc[n+](c21)C41c2c(ccc4c5cccc6ccc7c8ccc[n+]1c8n(c24)c7c65)O3. The molecule has 1 spiro atoms. The van der Waals surface area contributed by atoms with Crippen LogP contribution in [0.25, 0.3) is 87.4 Å². The molecule has 0 saturated heterocycles. The molecule has 6 heteroatoms. The van der Waals surface area contributed by atoms with Crippen LogP contribution in [0, 0.1) is 0 Å². The summed E-state index contributed by atoms with van der Waals surface area (Å²) in [6.45, 7) is 0. The standard InChI is InChI=1S/C40H19N5O/c1-5-20-10-11-26-27-9-4-18-43-39(27)45-35(26)31(20)22(7-1)24-12-14-30-33(37(24)45)40(43)32-29(46-30)15-13-25-23-8-2-16-41-34(23)28-19-21-6-3-17-42(40)38(21)44(28)36(25)32/h1-19H/q+2. The smallest absolute Gasteiger partial charge is 0.321 e. The van der Waals surface area contributed by atoms with Gasteiger partial charge in [-0.25, -0.2) is 0 Å². The van der Waals surface area contributed by atoms with Gasteiger partial charge in [-0.2, -0.15) is 17.9 Å². The van der Waals surface area contributed by atoms with E-state index in [0.717, 1.165) is 33.6 Å². The summed E-state index contributed by atoms with van der Waals surface area (Å²) >= 11 is 0. The van der Waals surface area contributed by atoms with Crippen molar-refractivity contribution < 1.29 is 13.9 Å². The van der Waals surface area contributed by atoms with Crippen molar-refractivity contribution in [1.29, 1.82) is 0 Å². The number of rotatable bonds is 0. The van der Waals surface area contributed by atoms with E-state index in [9.17, 15) is 0 Å². The Hall–Kier alpha value is -6.27. The van der Waals surface area contributed by atoms with Crippen LogP contribution < -0.4 is 13.9 Å². The molecule has 0 amide bonds. The summed E-state index contributed by atoms with van der Waals surface area (Å²) in [5.74, 6) is 1.79. The van der Waals surface area contributed by atoms with Crippen LogP contribution in [0.5, 0.6) is 11.5 Å². The second-order valence-corrected chi connectivity index (χ2v) is 13.2. The normalized spacial score (nSPS) is 17.4. The van der Waals surface area contributed by atoms with Crippen LogP contribution in [0.3, 0.4) is 0 Å². The third kappa shape index (κ3) is 1.85. The van der Waals surface area contributed by atoms with E-state index in [1.807, 2.05) is 6.20 Å². The number of pyridine rings is 5.